The molecule has 0 bridgehead atoms. The molecule has 0 aliphatic rings. The van der Waals surface area contributed by atoms with Crippen LogP contribution in [0.3, 0.4) is 0 Å². The number of aliphatic hydroxyl groups excluding tert-OH is 1. The van der Waals surface area contributed by atoms with Crippen molar-refractivity contribution < 1.29 is 14.8 Å². The number of nitro benzene ring substituents is 1. The Balaban J connectivity index is 3.08. The Morgan fingerprint density at radius 1 is 1.60 bits per heavy atom. The SMILES string of the molecule is COc1cccc([N+](=O)[O-])c1NCCO. The fourth-order valence-electron chi connectivity index (χ4n) is 1.20. The quantitative estimate of drug-likeness (QED) is 0.562. The van der Waals surface area contributed by atoms with E-state index in [2.05, 4.69) is 5.32 Å². The molecule has 0 amide bonds. The topological polar surface area (TPSA) is 84.6 Å². The standard InChI is InChI=1S/C9H12N2O4/c1-15-8-4-2-3-7(11(13)14)9(8)10-5-6-12/h2-4,10,12H,5-6H2,1H3. The van der Waals surface area contributed by atoms with Crippen molar-refractivity contribution in [3.8, 4) is 5.75 Å². The molecule has 1 rings (SSSR count). The number of methoxy groups -OCH3 is 1. The summed E-state index contributed by atoms with van der Waals surface area (Å²) in [6, 6.07) is 4.54. The van der Waals surface area contributed by atoms with Gasteiger partial charge >= 0.3 is 0 Å². The summed E-state index contributed by atoms with van der Waals surface area (Å²) < 4.78 is 4.98. The molecular formula is C9H12N2O4. The molecular weight excluding hydrogens is 200 g/mol. The van der Waals surface area contributed by atoms with Crippen LogP contribution in [-0.4, -0.2) is 30.3 Å². The number of ether oxygens (including phenoxy) is 1. The van der Waals surface area contributed by atoms with Crippen LogP contribution in [-0.2, 0) is 0 Å². The molecule has 0 radical (unpaired) electrons. The van der Waals surface area contributed by atoms with Gasteiger partial charge in [-0.25, -0.2) is 0 Å². The Morgan fingerprint density at radius 3 is 2.87 bits per heavy atom. The van der Waals surface area contributed by atoms with E-state index in [1.54, 1.807) is 12.1 Å². The third-order valence-electron chi connectivity index (χ3n) is 1.83. The van der Waals surface area contributed by atoms with Crippen molar-refractivity contribution in [1.82, 2.24) is 0 Å². The van der Waals surface area contributed by atoms with Gasteiger partial charge in [0.15, 0.2) is 5.69 Å². The molecule has 0 fully saturated rings. The zero-order valence-electron chi connectivity index (χ0n) is 8.27. The molecule has 0 saturated heterocycles. The summed E-state index contributed by atoms with van der Waals surface area (Å²) in [6.45, 7) is 0.135. The lowest BCUT2D eigenvalue weighted by Gasteiger charge is -2.09. The molecule has 1 aromatic rings. The van der Waals surface area contributed by atoms with E-state index in [-0.39, 0.29) is 18.8 Å². The molecule has 0 atom stereocenters. The fraction of sp³-hybridized carbons (Fsp3) is 0.333. The maximum atomic E-state index is 10.7. The zero-order valence-corrected chi connectivity index (χ0v) is 8.27. The van der Waals surface area contributed by atoms with E-state index in [9.17, 15) is 10.1 Å². The number of nitro groups is 1. The maximum Gasteiger partial charge on any atom is 0.296 e. The lowest BCUT2D eigenvalue weighted by Crippen LogP contribution is -2.08. The highest BCUT2D eigenvalue weighted by atomic mass is 16.6. The van der Waals surface area contributed by atoms with Crippen LogP contribution in [0.1, 0.15) is 0 Å². The maximum absolute atomic E-state index is 10.7. The van der Waals surface area contributed by atoms with Crippen LogP contribution in [0.4, 0.5) is 11.4 Å². The molecule has 0 saturated carbocycles. The first-order valence-corrected chi connectivity index (χ1v) is 4.36. The molecule has 1 aromatic carbocycles. The predicted molar refractivity (Wildman–Crippen MR) is 55.2 cm³/mol. The Morgan fingerprint density at radius 2 is 2.33 bits per heavy atom. The van der Waals surface area contributed by atoms with Crippen molar-refractivity contribution in [3.05, 3.63) is 28.3 Å². The van der Waals surface area contributed by atoms with Gasteiger partial charge < -0.3 is 15.2 Å². The van der Waals surface area contributed by atoms with Gasteiger partial charge in [0, 0.05) is 12.6 Å². The smallest absolute Gasteiger partial charge is 0.296 e. The van der Waals surface area contributed by atoms with E-state index in [1.165, 1.54) is 13.2 Å². The first-order chi connectivity index (χ1) is 7.20. The van der Waals surface area contributed by atoms with Crippen LogP contribution >= 0.6 is 0 Å². The van der Waals surface area contributed by atoms with Crippen LogP contribution in [0, 0.1) is 10.1 Å². The van der Waals surface area contributed by atoms with Crippen molar-refractivity contribution in [3.63, 3.8) is 0 Å². The first kappa shape index (κ1) is 11.3. The second kappa shape index (κ2) is 5.16. The van der Waals surface area contributed by atoms with Gasteiger partial charge in [-0.1, -0.05) is 6.07 Å². The highest BCUT2D eigenvalue weighted by Crippen LogP contribution is 2.33. The summed E-state index contributed by atoms with van der Waals surface area (Å²) >= 11 is 0. The van der Waals surface area contributed by atoms with Crippen LogP contribution < -0.4 is 10.1 Å². The second-order valence-electron chi connectivity index (χ2n) is 2.76. The van der Waals surface area contributed by atoms with E-state index in [0.29, 0.717) is 11.4 Å². The normalized spacial score (nSPS) is 9.73. The van der Waals surface area contributed by atoms with Crippen molar-refractivity contribution in [2.24, 2.45) is 0 Å². The molecule has 0 aromatic heterocycles. The summed E-state index contributed by atoms with van der Waals surface area (Å²) in [5.41, 5.74) is 0.224. The summed E-state index contributed by atoms with van der Waals surface area (Å²) in [7, 11) is 1.43. The van der Waals surface area contributed by atoms with Gasteiger partial charge in [-0.15, -0.1) is 0 Å². The van der Waals surface area contributed by atoms with Crippen molar-refractivity contribution in [2.45, 2.75) is 0 Å². The summed E-state index contributed by atoms with van der Waals surface area (Å²) in [5, 5.41) is 22.1. The van der Waals surface area contributed by atoms with Gasteiger partial charge in [-0.3, -0.25) is 10.1 Å². The highest BCUT2D eigenvalue weighted by Gasteiger charge is 2.17. The Kier molecular flexibility index (Phi) is 3.87. The van der Waals surface area contributed by atoms with Crippen LogP contribution in [0.2, 0.25) is 0 Å². The van der Waals surface area contributed by atoms with Crippen molar-refractivity contribution in [1.29, 1.82) is 0 Å². The molecule has 0 aliphatic heterocycles. The summed E-state index contributed by atoms with van der Waals surface area (Å²) in [6.07, 6.45) is 0. The molecule has 2 N–H and O–H groups in total. The number of para-hydroxylation sites is 1. The van der Waals surface area contributed by atoms with Gasteiger partial charge in [-0.05, 0) is 6.07 Å². The van der Waals surface area contributed by atoms with Crippen molar-refractivity contribution >= 4 is 11.4 Å². The van der Waals surface area contributed by atoms with E-state index in [1.807, 2.05) is 0 Å². The van der Waals surface area contributed by atoms with Gasteiger partial charge in [0.25, 0.3) is 5.69 Å². The van der Waals surface area contributed by atoms with Crippen LogP contribution in [0.25, 0.3) is 0 Å². The van der Waals surface area contributed by atoms with Gasteiger partial charge in [0.05, 0.1) is 18.6 Å². The fourth-order valence-corrected chi connectivity index (χ4v) is 1.20. The van der Waals surface area contributed by atoms with E-state index >= 15 is 0 Å². The molecule has 0 heterocycles. The molecule has 82 valence electrons. The number of nitrogens with zero attached hydrogens (tertiary/aromatic N) is 1. The van der Waals surface area contributed by atoms with E-state index in [4.69, 9.17) is 9.84 Å². The van der Waals surface area contributed by atoms with E-state index < -0.39 is 4.92 Å². The largest absolute Gasteiger partial charge is 0.494 e. The van der Waals surface area contributed by atoms with Gasteiger partial charge in [-0.2, -0.15) is 0 Å². The lowest BCUT2D eigenvalue weighted by atomic mass is 10.2. The number of benzene rings is 1. The second-order valence-corrected chi connectivity index (χ2v) is 2.76. The van der Waals surface area contributed by atoms with Gasteiger partial charge in [0.1, 0.15) is 5.75 Å². The number of hydrogen-bond acceptors (Lipinski definition) is 5. The van der Waals surface area contributed by atoms with Crippen molar-refractivity contribution in [2.75, 3.05) is 25.6 Å². The van der Waals surface area contributed by atoms with Gasteiger partial charge in [0.2, 0.25) is 0 Å². The molecule has 15 heavy (non-hydrogen) atoms. The third kappa shape index (κ3) is 2.57. The summed E-state index contributed by atoms with van der Waals surface area (Å²) in [5.74, 6) is 0.387. The average Bonchev–Trinajstić information content (AvgIpc) is 2.25. The van der Waals surface area contributed by atoms with Crippen LogP contribution in [0.5, 0.6) is 5.75 Å². The number of nitrogens with one attached hydrogen (secondary N) is 1. The molecule has 6 heteroatoms. The lowest BCUT2D eigenvalue weighted by molar-refractivity contribution is -0.384. The third-order valence-corrected chi connectivity index (χ3v) is 1.83. The Bertz CT molecular complexity index is 354. The Hall–Kier alpha value is -1.82. The minimum Gasteiger partial charge on any atom is -0.494 e. The molecule has 6 nitrogen and oxygen atoms in total. The predicted octanol–water partition coefficient (Wildman–Crippen LogP) is 1.01. The Labute approximate surface area is 86.6 Å². The minimum absolute atomic E-state index is 0.0669. The number of rotatable bonds is 5. The first-order valence-electron chi connectivity index (χ1n) is 4.36. The van der Waals surface area contributed by atoms with Crippen LogP contribution in [0.15, 0.2) is 18.2 Å². The summed E-state index contributed by atoms with van der Waals surface area (Å²) in [4.78, 5) is 10.2. The monoisotopic (exact) mass is 212 g/mol. The number of anilines is 1. The number of aliphatic hydroxyl groups is 1. The van der Waals surface area contributed by atoms with E-state index in [0.717, 1.165) is 0 Å². The molecule has 0 spiro atoms. The molecule has 0 aliphatic carbocycles. The zero-order chi connectivity index (χ0) is 11.3. The minimum atomic E-state index is -0.498. The molecule has 0 unspecified atom stereocenters. The average molecular weight is 212 g/mol. The highest BCUT2D eigenvalue weighted by molar-refractivity contribution is 5.69. The number of hydrogen-bond donors (Lipinski definition) is 2.